The minimum Gasteiger partial charge on any atom is -0.494 e. The standard InChI is InChI=1S/C17H27NO3/c1-6-18-13-11-17(4,5)21-15-10-12(19-7-2)9-14(16(13)15)20-8-3/h9-10,13,18H,6-8,11H2,1-5H3. The molecule has 1 aliphatic rings. The monoisotopic (exact) mass is 293 g/mol. The Balaban J connectivity index is 2.49. The molecular formula is C17H27NO3. The van der Waals surface area contributed by atoms with E-state index in [9.17, 15) is 0 Å². The lowest BCUT2D eigenvalue weighted by Crippen LogP contribution is -2.39. The van der Waals surface area contributed by atoms with Gasteiger partial charge in [0.15, 0.2) is 0 Å². The Morgan fingerprint density at radius 2 is 1.90 bits per heavy atom. The lowest BCUT2D eigenvalue weighted by molar-refractivity contribution is 0.0644. The van der Waals surface area contributed by atoms with E-state index in [-0.39, 0.29) is 11.6 Å². The molecule has 4 nitrogen and oxygen atoms in total. The Hall–Kier alpha value is -1.42. The molecule has 1 aromatic carbocycles. The maximum absolute atomic E-state index is 6.17. The summed E-state index contributed by atoms with van der Waals surface area (Å²) in [6.45, 7) is 12.5. The summed E-state index contributed by atoms with van der Waals surface area (Å²) >= 11 is 0. The van der Waals surface area contributed by atoms with Gasteiger partial charge in [-0.1, -0.05) is 6.92 Å². The molecule has 0 amide bonds. The van der Waals surface area contributed by atoms with E-state index < -0.39 is 0 Å². The molecule has 118 valence electrons. The summed E-state index contributed by atoms with van der Waals surface area (Å²) in [5.74, 6) is 2.53. The summed E-state index contributed by atoms with van der Waals surface area (Å²) in [4.78, 5) is 0. The van der Waals surface area contributed by atoms with Gasteiger partial charge in [0.05, 0.1) is 18.8 Å². The molecule has 1 aliphatic heterocycles. The second kappa shape index (κ2) is 6.56. The highest BCUT2D eigenvalue weighted by atomic mass is 16.5. The van der Waals surface area contributed by atoms with Gasteiger partial charge in [0.2, 0.25) is 0 Å². The fourth-order valence-corrected chi connectivity index (χ4v) is 2.88. The molecular weight excluding hydrogens is 266 g/mol. The van der Waals surface area contributed by atoms with Crippen molar-refractivity contribution in [3.8, 4) is 17.2 Å². The first-order valence-corrected chi connectivity index (χ1v) is 7.86. The van der Waals surface area contributed by atoms with E-state index in [4.69, 9.17) is 14.2 Å². The van der Waals surface area contributed by atoms with Crippen LogP contribution >= 0.6 is 0 Å². The van der Waals surface area contributed by atoms with Crippen molar-refractivity contribution >= 4 is 0 Å². The first kappa shape index (κ1) is 16.0. The van der Waals surface area contributed by atoms with Crippen LogP contribution in [0.25, 0.3) is 0 Å². The lowest BCUT2D eigenvalue weighted by atomic mass is 9.89. The van der Waals surface area contributed by atoms with Crippen molar-refractivity contribution < 1.29 is 14.2 Å². The van der Waals surface area contributed by atoms with E-state index in [2.05, 4.69) is 26.1 Å². The molecule has 0 radical (unpaired) electrons. The van der Waals surface area contributed by atoms with Gasteiger partial charge in [-0.05, 0) is 34.2 Å². The fraction of sp³-hybridized carbons (Fsp3) is 0.647. The Morgan fingerprint density at radius 3 is 2.52 bits per heavy atom. The van der Waals surface area contributed by atoms with Crippen LogP contribution in [0.4, 0.5) is 0 Å². The van der Waals surface area contributed by atoms with Gasteiger partial charge in [0.1, 0.15) is 22.8 Å². The van der Waals surface area contributed by atoms with Gasteiger partial charge in [-0.15, -0.1) is 0 Å². The van der Waals surface area contributed by atoms with Crippen molar-refractivity contribution in [1.29, 1.82) is 0 Å². The second-order valence-corrected chi connectivity index (χ2v) is 5.88. The van der Waals surface area contributed by atoms with Crippen LogP contribution < -0.4 is 19.5 Å². The molecule has 0 aromatic heterocycles. The number of ether oxygens (including phenoxy) is 3. The van der Waals surface area contributed by atoms with Crippen LogP contribution in [0, 0.1) is 0 Å². The predicted octanol–water partition coefficient (Wildman–Crippen LogP) is 3.70. The predicted molar refractivity (Wildman–Crippen MR) is 84.5 cm³/mol. The van der Waals surface area contributed by atoms with Crippen LogP contribution in [0.2, 0.25) is 0 Å². The van der Waals surface area contributed by atoms with Crippen LogP contribution in [-0.4, -0.2) is 25.4 Å². The van der Waals surface area contributed by atoms with Gasteiger partial charge in [-0.2, -0.15) is 0 Å². The van der Waals surface area contributed by atoms with Crippen LogP contribution in [0.1, 0.15) is 52.6 Å². The third-order valence-electron chi connectivity index (χ3n) is 3.57. The van der Waals surface area contributed by atoms with E-state index >= 15 is 0 Å². The van der Waals surface area contributed by atoms with Crippen molar-refractivity contribution in [2.75, 3.05) is 19.8 Å². The molecule has 0 saturated heterocycles. The Kier molecular flexibility index (Phi) is 4.99. The van der Waals surface area contributed by atoms with Gasteiger partial charge < -0.3 is 19.5 Å². The Labute approximate surface area is 127 Å². The van der Waals surface area contributed by atoms with E-state index in [1.165, 1.54) is 0 Å². The van der Waals surface area contributed by atoms with Crippen molar-refractivity contribution in [3.05, 3.63) is 17.7 Å². The van der Waals surface area contributed by atoms with Crippen molar-refractivity contribution in [3.63, 3.8) is 0 Å². The zero-order chi connectivity index (χ0) is 15.5. The molecule has 0 fully saturated rings. The highest BCUT2D eigenvalue weighted by Gasteiger charge is 2.36. The molecule has 2 rings (SSSR count). The van der Waals surface area contributed by atoms with Crippen LogP contribution in [-0.2, 0) is 0 Å². The Morgan fingerprint density at radius 1 is 1.19 bits per heavy atom. The first-order chi connectivity index (χ1) is 10.0. The van der Waals surface area contributed by atoms with Crippen molar-refractivity contribution in [2.45, 2.75) is 52.7 Å². The second-order valence-electron chi connectivity index (χ2n) is 5.88. The number of hydrogen-bond donors (Lipinski definition) is 1. The molecule has 0 spiro atoms. The SMILES string of the molecule is CCNC1CC(C)(C)Oc2cc(OCC)cc(OCC)c21. The minimum absolute atomic E-state index is 0.200. The molecule has 4 heteroatoms. The summed E-state index contributed by atoms with van der Waals surface area (Å²) in [6, 6.07) is 4.19. The quantitative estimate of drug-likeness (QED) is 0.868. The van der Waals surface area contributed by atoms with Gasteiger partial charge in [0, 0.05) is 24.6 Å². The molecule has 0 saturated carbocycles. The molecule has 0 bridgehead atoms. The smallest absolute Gasteiger partial charge is 0.132 e. The molecule has 1 N–H and O–H groups in total. The van der Waals surface area contributed by atoms with Crippen LogP contribution in [0.15, 0.2) is 12.1 Å². The van der Waals surface area contributed by atoms with Gasteiger partial charge >= 0.3 is 0 Å². The first-order valence-electron chi connectivity index (χ1n) is 7.86. The average molecular weight is 293 g/mol. The fourth-order valence-electron chi connectivity index (χ4n) is 2.88. The van der Waals surface area contributed by atoms with E-state index in [1.54, 1.807) is 0 Å². The average Bonchev–Trinajstić information content (AvgIpc) is 2.37. The van der Waals surface area contributed by atoms with E-state index in [1.807, 2.05) is 26.0 Å². The van der Waals surface area contributed by atoms with Crippen molar-refractivity contribution in [2.24, 2.45) is 0 Å². The number of hydrogen-bond acceptors (Lipinski definition) is 4. The molecule has 1 heterocycles. The molecule has 1 atom stereocenters. The maximum Gasteiger partial charge on any atom is 0.132 e. The van der Waals surface area contributed by atoms with Gasteiger partial charge in [-0.25, -0.2) is 0 Å². The zero-order valence-electron chi connectivity index (χ0n) is 13.8. The molecule has 1 unspecified atom stereocenters. The maximum atomic E-state index is 6.17. The number of fused-ring (bicyclic) bond motifs is 1. The summed E-state index contributed by atoms with van der Waals surface area (Å²) < 4.78 is 17.6. The number of nitrogens with one attached hydrogen (secondary N) is 1. The number of benzene rings is 1. The largest absolute Gasteiger partial charge is 0.494 e. The summed E-state index contributed by atoms with van der Waals surface area (Å²) in [5, 5.41) is 3.55. The third-order valence-corrected chi connectivity index (χ3v) is 3.57. The highest BCUT2D eigenvalue weighted by Crippen LogP contribution is 2.46. The molecule has 21 heavy (non-hydrogen) atoms. The van der Waals surface area contributed by atoms with E-state index in [0.717, 1.165) is 35.8 Å². The third kappa shape index (κ3) is 3.62. The van der Waals surface area contributed by atoms with Crippen LogP contribution in [0.3, 0.4) is 0 Å². The lowest BCUT2D eigenvalue weighted by Gasteiger charge is -2.38. The van der Waals surface area contributed by atoms with Crippen molar-refractivity contribution in [1.82, 2.24) is 5.32 Å². The normalized spacial score (nSPS) is 19.6. The summed E-state index contributed by atoms with van der Waals surface area (Å²) in [5.41, 5.74) is 0.912. The molecule has 1 aromatic rings. The summed E-state index contributed by atoms with van der Waals surface area (Å²) in [7, 11) is 0. The topological polar surface area (TPSA) is 39.7 Å². The zero-order valence-corrected chi connectivity index (χ0v) is 13.8. The number of rotatable bonds is 6. The van der Waals surface area contributed by atoms with E-state index in [0.29, 0.717) is 13.2 Å². The highest BCUT2D eigenvalue weighted by molar-refractivity contribution is 5.53. The Bertz CT molecular complexity index is 485. The van der Waals surface area contributed by atoms with Gasteiger partial charge in [0.25, 0.3) is 0 Å². The molecule has 0 aliphatic carbocycles. The summed E-state index contributed by atoms with van der Waals surface area (Å²) in [6.07, 6.45) is 0.919. The van der Waals surface area contributed by atoms with Crippen LogP contribution in [0.5, 0.6) is 17.2 Å². The van der Waals surface area contributed by atoms with Gasteiger partial charge in [-0.3, -0.25) is 0 Å². The minimum atomic E-state index is -0.200.